The van der Waals surface area contributed by atoms with Gasteiger partial charge in [-0.05, 0) is 36.5 Å². The second-order valence-corrected chi connectivity index (χ2v) is 5.96. The molecular formula is C20H22N2O. The Labute approximate surface area is 137 Å². The van der Waals surface area contributed by atoms with Crippen LogP contribution in [0.25, 0.3) is 6.08 Å². The third-order valence-corrected chi connectivity index (χ3v) is 4.28. The molecule has 1 aliphatic rings. The normalized spacial score (nSPS) is 14.6. The number of pyridine rings is 1. The van der Waals surface area contributed by atoms with Crippen molar-refractivity contribution < 1.29 is 4.79 Å². The Balaban J connectivity index is 1.48. The van der Waals surface area contributed by atoms with E-state index in [0.717, 1.165) is 37.9 Å². The average Bonchev–Trinajstić information content (AvgIpc) is 2.62. The molecule has 0 aliphatic carbocycles. The molecule has 1 aromatic heterocycles. The van der Waals surface area contributed by atoms with Crippen LogP contribution in [0.3, 0.4) is 0 Å². The van der Waals surface area contributed by atoms with E-state index in [1.54, 1.807) is 6.20 Å². The monoisotopic (exact) mass is 306 g/mol. The van der Waals surface area contributed by atoms with Crippen LogP contribution in [-0.4, -0.2) is 28.9 Å². The lowest BCUT2D eigenvalue weighted by atomic mass is 10.0. The predicted molar refractivity (Wildman–Crippen MR) is 92.8 cm³/mol. The van der Waals surface area contributed by atoms with E-state index in [2.05, 4.69) is 35.3 Å². The lowest BCUT2D eigenvalue weighted by Gasteiger charge is -2.28. The van der Waals surface area contributed by atoms with Crippen LogP contribution in [0.1, 0.15) is 30.4 Å². The lowest BCUT2D eigenvalue weighted by molar-refractivity contribution is -0.131. The molecule has 0 atom stereocenters. The van der Waals surface area contributed by atoms with E-state index in [9.17, 15) is 4.79 Å². The first-order valence-electron chi connectivity index (χ1n) is 8.22. The first-order valence-corrected chi connectivity index (χ1v) is 8.22. The smallest absolute Gasteiger partial charge is 0.222 e. The Kier molecular flexibility index (Phi) is 5.20. The summed E-state index contributed by atoms with van der Waals surface area (Å²) in [6, 6.07) is 14.3. The standard InChI is InChI=1S/C20H22N2O/c23-20(9-8-19-7-4-12-21-16-19)22-13-10-18(11-14-22)15-17-5-2-1-3-6-17/h1-7,12,15-16H,8-11,13-14H2. The Morgan fingerprint density at radius 1 is 1.09 bits per heavy atom. The summed E-state index contributed by atoms with van der Waals surface area (Å²) in [5, 5.41) is 0. The molecule has 0 spiro atoms. The number of benzene rings is 1. The summed E-state index contributed by atoms with van der Waals surface area (Å²) in [4.78, 5) is 18.4. The van der Waals surface area contributed by atoms with E-state index in [4.69, 9.17) is 0 Å². The molecule has 0 bridgehead atoms. The number of carbonyl (C=O) groups excluding carboxylic acids is 1. The minimum Gasteiger partial charge on any atom is -0.342 e. The maximum Gasteiger partial charge on any atom is 0.222 e. The van der Waals surface area contributed by atoms with Gasteiger partial charge in [0.15, 0.2) is 0 Å². The molecule has 0 radical (unpaired) electrons. The predicted octanol–water partition coefficient (Wildman–Crippen LogP) is 3.72. The molecule has 1 saturated heterocycles. The van der Waals surface area contributed by atoms with Crippen LogP contribution in [-0.2, 0) is 11.2 Å². The molecule has 1 aliphatic heterocycles. The minimum absolute atomic E-state index is 0.257. The molecule has 2 heterocycles. The van der Waals surface area contributed by atoms with E-state index >= 15 is 0 Å². The molecule has 3 heteroatoms. The van der Waals surface area contributed by atoms with Crippen LogP contribution >= 0.6 is 0 Å². The molecule has 1 aromatic carbocycles. The van der Waals surface area contributed by atoms with Crippen molar-refractivity contribution in [1.82, 2.24) is 9.88 Å². The maximum atomic E-state index is 12.3. The number of amides is 1. The molecule has 23 heavy (non-hydrogen) atoms. The average molecular weight is 306 g/mol. The molecule has 118 valence electrons. The molecule has 1 fully saturated rings. The van der Waals surface area contributed by atoms with E-state index in [1.807, 2.05) is 29.3 Å². The molecule has 0 unspecified atom stereocenters. The van der Waals surface area contributed by atoms with Crippen LogP contribution in [0.2, 0.25) is 0 Å². The van der Waals surface area contributed by atoms with Crippen LogP contribution in [0, 0.1) is 0 Å². The van der Waals surface area contributed by atoms with Crippen LogP contribution in [0.15, 0.2) is 60.4 Å². The Hall–Kier alpha value is -2.42. The van der Waals surface area contributed by atoms with E-state index in [-0.39, 0.29) is 5.91 Å². The van der Waals surface area contributed by atoms with Gasteiger partial charge in [0, 0.05) is 31.9 Å². The van der Waals surface area contributed by atoms with Crippen molar-refractivity contribution in [1.29, 1.82) is 0 Å². The van der Waals surface area contributed by atoms with Crippen LogP contribution in [0.5, 0.6) is 0 Å². The van der Waals surface area contributed by atoms with Crippen molar-refractivity contribution in [3.8, 4) is 0 Å². The fourth-order valence-corrected chi connectivity index (χ4v) is 2.93. The molecular weight excluding hydrogens is 284 g/mol. The third-order valence-electron chi connectivity index (χ3n) is 4.28. The molecule has 3 rings (SSSR count). The number of nitrogens with zero attached hydrogens (tertiary/aromatic N) is 2. The van der Waals surface area contributed by atoms with Crippen molar-refractivity contribution in [3.05, 3.63) is 71.6 Å². The van der Waals surface area contributed by atoms with Gasteiger partial charge >= 0.3 is 0 Å². The quantitative estimate of drug-likeness (QED) is 0.862. The van der Waals surface area contributed by atoms with Crippen LogP contribution < -0.4 is 0 Å². The summed E-state index contributed by atoms with van der Waals surface area (Å²) in [5.41, 5.74) is 3.81. The summed E-state index contributed by atoms with van der Waals surface area (Å²) >= 11 is 0. The summed E-state index contributed by atoms with van der Waals surface area (Å²) in [6.45, 7) is 1.68. The van der Waals surface area contributed by atoms with Gasteiger partial charge in [0.05, 0.1) is 0 Å². The highest BCUT2D eigenvalue weighted by atomic mass is 16.2. The van der Waals surface area contributed by atoms with Gasteiger partial charge in [-0.2, -0.15) is 0 Å². The van der Waals surface area contributed by atoms with Crippen molar-refractivity contribution >= 4 is 12.0 Å². The summed E-state index contributed by atoms with van der Waals surface area (Å²) in [7, 11) is 0. The number of carbonyl (C=O) groups is 1. The fraction of sp³-hybridized carbons (Fsp3) is 0.300. The zero-order chi connectivity index (χ0) is 15.9. The number of aromatic nitrogens is 1. The number of aryl methyl sites for hydroxylation is 1. The minimum atomic E-state index is 0.257. The number of likely N-dealkylation sites (tertiary alicyclic amines) is 1. The second kappa shape index (κ2) is 7.73. The maximum absolute atomic E-state index is 12.3. The molecule has 0 N–H and O–H groups in total. The topological polar surface area (TPSA) is 33.2 Å². The number of piperidine rings is 1. The van der Waals surface area contributed by atoms with Gasteiger partial charge in [0.1, 0.15) is 0 Å². The van der Waals surface area contributed by atoms with Gasteiger partial charge in [-0.25, -0.2) is 0 Å². The van der Waals surface area contributed by atoms with Crippen LogP contribution in [0.4, 0.5) is 0 Å². The van der Waals surface area contributed by atoms with Crippen molar-refractivity contribution in [2.45, 2.75) is 25.7 Å². The van der Waals surface area contributed by atoms with Crippen molar-refractivity contribution in [3.63, 3.8) is 0 Å². The third kappa shape index (κ3) is 4.52. The first kappa shape index (κ1) is 15.5. The Morgan fingerprint density at radius 2 is 1.87 bits per heavy atom. The molecule has 1 amide bonds. The number of hydrogen-bond acceptors (Lipinski definition) is 2. The second-order valence-electron chi connectivity index (χ2n) is 5.96. The van der Waals surface area contributed by atoms with E-state index < -0.39 is 0 Å². The van der Waals surface area contributed by atoms with Gasteiger partial charge < -0.3 is 4.90 Å². The summed E-state index contributed by atoms with van der Waals surface area (Å²) in [6.07, 6.45) is 9.17. The highest BCUT2D eigenvalue weighted by molar-refractivity contribution is 5.76. The SMILES string of the molecule is O=C(CCc1cccnc1)N1CCC(=Cc2ccccc2)CC1. The van der Waals surface area contributed by atoms with E-state index in [1.165, 1.54) is 11.1 Å². The molecule has 3 nitrogen and oxygen atoms in total. The number of rotatable bonds is 4. The highest BCUT2D eigenvalue weighted by Gasteiger charge is 2.18. The first-order chi connectivity index (χ1) is 11.3. The molecule has 0 saturated carbocycles. The fourth-order valence-electron chi connectivity index (χ4n) is 2.93. The van der Waals surface area contributed by atoms with E-state index in [0.29, 0.717) is 6.42 Å². The van der Waals surface area contributed by atoms with Gasteiger partial charge in [-0.3, -0.25) is 9.78 Å². The van der Waals surface area contributed by atoms with Gasteiger partial charge in [0.2, 0.25) is 5.91 Å². The van der Waals surface area contributed by atoms with Gasteiger partial charge in [-0.15, -0.1) is 0 Å². The lowest BCUT2D eigenvalue weighted by Crippen LogP contribution is -2.36. The number of hydrogen-bond donors (Lipinski definition) is 0. The zero-order valence-corrected chi connectivity index (χ0v) is 13.3. The Morgan fingerprint density at radius 3 is 2.57 bits per heavy atom. The highest BCUT2D eigenvalue weighted by Crippen LogP contribution is 2.20. The Bertz CT molecular complexity index is 655. The van der Waals surface area contributed by atoms with Crippen molar-refractivity contribution in [2.24, 2.45) is 0 Å². The van der Waals surface area contributed by atoms with Gasteiger partial charge in [-0.1, -0.05) is 48.0 Å². The zero-order valence-electron chi connectivity index (χ0n) is 13.3. The summed E-state index contributed by atoms with van der Waals surface area (Å²) in [5.74, 6) is 0.257. The van der Waals surface area contributed by atoms with Crippen molar-refractivity contribution in [2.75, 3.05) is 13.1 Å². The summed E-state index contributed by atoms with van der Waals surface area (Å²) < 4.78 is 0. The molecule has 2 aromatic rings. The van der Waals surface area contributed by atoms with Gasteiger partial charge in [0.25, 0.3) is 0 Å². The largest absolute Gasteiger partial charge is 0.342 e.